The summed E-state index contributed by atoms with van der Waals surface area (Å²) in [5.41, 5.74) is 5.71. The monoisotopic (exact) mass is 291 g/mol. The first-order valence-corrected chi connectivity index (χ1v) is 8.41. The van der Waals surface area contributed by atoms with Gasteiger partial charge >= 0.3 is 0 Å². The van der Waals surface area contributed by atoms with Gasteiger partial charge in [0.05, 0.1) is 0 Å². The molecule has 0 bridgehead atoms. The van der Waals surface area contributed by atoms with Gasteiger partial charge in [-0.25, -0.2) is 0 Å². The summed E-state index contributed by atoms with van der Waals surface area (Å²) in [6.07, 6.45) is 1.85. The van der Waals surface area contributed by atoms with Crippen LogP contribution in [0, 0.1) is 10.8 Å². The Morgan fingerprint density at radius 3 is 2.11 bits per heavy atom. The summed E-state index contributed by atoms with van der Waals surface area (Å²) in [7, 11) is -1.81. The fourth-order valence-corrected chi connectivity index (χ4v) is 4.68. The van der Waals surface area contributed by atoms with Crippen molar-refractivity contribution in [1.82, 2.24) is 9.03 Å². The van der Waals surface area contributed by atoms with E-state index in [-0.39, 0.29) is 22.9 Å². The highest BCUT2D eigenvalue weighted by molar-refractivity contribution is 7.87. The molecule has 19 heavy (non-hydrogen) atoms. The van der Waals surface area contributed by atoms with Crippen molar-refractivity contribution in [3.63, 3.8) is 0 Å². The molecule has 3 N–H and O–H groups in total. The first kappa shape index (κ1) is 16.9. The Bertz CT molecular complexity index is 402. The van der Waals surface area contributed by atoms with Crippen molar-refractivity contribution in [2.75, 3.05) is 13.6 Å². The lowest BCUT2D eigenvalue weighted by Crippen LogP contribution is -2.76. The third kappa shape index (κ3) is 2.96. The molecule has 0 heterocycles. The number of nitrogens with one attached hydrogen (secondary N) is 1. The van der Waals surface area contributed by atoms with E-state index in [1.807, 2.05) is 34.6 Å². The Hall–Kier alpha value is -0.170. The first-order chi connectivity index (χ1) is 8.48. The fraction of sp³-hybridized carbons (Fsp3) is 1.00. The average molecular weight is 291 g/mol. The van der Waals surface area contributed by atoms with Crippen LogP contribution in [0.15, 0.2) is 0 Å². The van der Waals surface area contributed by atoms with Crippen molar-refractivity contribution in [2.24, 2.45) is 16.6 Å². The third-order valence-corrected chi connectivity index (χ3v) is 6.13. The Balaban J connectivity index is 2.79. The molecule has 114 valence electrons. The molecule has 1 rings (SSSR count). The maximum absolute atomic E-state index is 12.3. The van der Waals surface area contributed by atoms with Crippen LogP contribution in [-0.2, 0) is 10.2 Å². The standard InChI is InChI=1S/C13H29N3O2S/c1-7-8-9-16(6)19(17,18)15-11-12(2,3)10(14)13(11,4)5/h10-11,15H,7-9,14H2,1-6H3. The molecule has 1 aliphatic carbocycles. The van der Waals surface area contributed by atoms with Crippen molar-refractivity contribution in [2.45, 2.75) is 59.5 Å². The van der Waals surface area contributed by atoms with Gasteiger partial charge < -0.3 is 5.73 Å². The van der Waals surface area contributed by atoms with Crippen LogP contribution in [0.25, 0.3) is 0 Å². The highest BCUT2D eigenvalue weighted by Crippen LogP contribution is 2.52. The van der Waals surface area contributed by atoms with Crippen LogP contribution >= 0.6 is 0 Å². The molecule has 0 aliphatic heterocycles. The zero-order chi connectivity index (χ0) is 15.1. The third-order valence-electron chi connectivity index (χ3n) is 4.59. The summed E-state index contributed by atoms with van der Waals surface area (Å²) in [6.45, 7) is 10.7. The van der Waals surface area contributed by atoms with Gasteiger partial charge in [-0.15, -0.1) is 0 Å². The van der Waals surface area contributed by atoms with Crippen LogP contribution < -0.4 is 10.5 Å². The zero-order valence-corrected chi connectivity index (χ0v) is 13.8. The molecule has 0 amide bonds. The van der Waals surface area contributed by atoms with E-state index in [9.17, 15) is 8.42 Å². The first-order valence-electron chi connectivity index (χ1n) is 6.97. The second-order valence-electron chi connectivity index (χ2n) is 6.85. The summed E-state index contributed by atoms with van der Waals surface area (Å²) in [6, 6.07) is -0.141. The number of rotatable bonds is 6. The number of nitrogens with two attached hydrogens (primary N) is 1. The van der Waals surface area contributed by atoms with E-state index in [4.69, 9.17) is 5.73 Å². The van der Waals surface area contributed by atoms with E-state index in [0.29, 0.717) is 6.54 Å². The second kappa shape index (κ2) is 5.31. The van der Waals surface area contributed by atoms with Crippen molar-refractivity contribution < 1.29 is 8.42 Å². The topological polar surface area (TPSA) is 75.4 Å². The van der Waals surface area contributed by atoms with Crippen LogP contribution in [0.1, 0.15) is 47.5 Å². The maximum atomic E-state index is 12.3. The van der Waals surface area contributed by atoms with Crippen molar-refractivity contribution in [1.29, 1.82) is 0 Å². The van der Waals surface area contributed by atoms with E-state index in [0.717, 1.165) is 12.8 Å². The van der Waals surface area contributed by atoms with Gasteiger partial charge in [0.1, 0.15) is 0 Å². The lowest BCUT2D eigenvalue weighted by Gasteiger charge is -2.62. The van der Waals surface area contributed by atoms with Crippen LogP contribution in [0.3, 0.4) is 0 Å². The molecule has 1 saturated carbocycles. The molecule has 0 spiro atoms. The molecular formula is C13H29N3O2S. The van der Waals surface area contributed by atoms with E-state index in [1.54, 1.807) is 7.05 Å². The Labute approximate surface area is 118 Å². The normalized spacial score (nSPS) is 29.3. The largest absolute Gasteiger partial charge is 0.327 e. The highest BCUT2D eigenvalue weighted by atomic mass is 32.2. The Kier molecular flexibility index (Phi) is 4.72. The summed E-state index contributed by atoms with van der Waals surface area (Å²) < 4.78 is 28.8. The lowest BCUT2D eigenvalue weighted by molar-refractivity contribution is -0.0599. The molecule has 0 saturated heterocycles. The maximum Gasteiger partial charge on any atom is 0.279 e. The summed E-state index contributed by atoms with van der Waals surface area (Å²) >= 11 is 0. The SMILES string of the molecule is CCCCN(C)S(=O)(=O)NC1C(C)(C)C(N)C1(C)C. The summed E-state index contributed by atoms with van der Waals surface area (Å²) in [4.78, 5) is 0. The molecule has 1 aliphatic rings. The van der Waals surface area contributed by atoms with Crippen molar-refractivity contribution >= 4 is 10.2 Å². The number of nitrogens with zero attached hydrogens (tertiary/aromatic N) is 1. The number of unbranched alkanes of at least 4 members (excludes halogenated alkanes) is 1. The Morgan fingerprint density at radius 1 is 1.21 bits per heavy atom. The molecule has 0 radical (unpaired) electrons. The molecule has 0 unspecified atom stereocenters. The van der Waals surface area contributed by atoms with E-state index < -0.39 is 10.2 Å². The predicted molar refractivity (Wildman–Crippen MR) is 78.9 cm³/mol. The number of hydrogen-bond donors (Lipinski definition) is 2. The van der Waals surface area contributed by atoms with Crippen LogP contribution in [-0.4, -0.2) is 38.4 Å². The molecule has 6 heteroatoms. The van der Waals surface area contributed by atoms with Gasteiger partial charge in [0, 0.05) is 25.7 Å². The molecular weight excluding hydrogens is 262 g/mol. The van der Waals surface area contributed by atoms with E-state index in [2.05, 4.69) is 4.72 Å². The molecule has 5 nitrogen and oxygen atoms in total. The minimum absolute atomic E-state index is 0.00588. The van der Waals surface area contributed by atoms with Crippen molar-refractivity contribution in [3.8, 4) is 0 Å². The number of hydrogen-bond acceptors (Lipinski definition) is 3. The fourth-order valence-electron chi connectivity index (χ4n) is 3.22. The van der Waals surface area contributed by atoms with Gasteiger partial charge in [-0.3, -0.25) is 0 Å². The van der Waals surface area contributed by atoms with Gasteiger partial charge in [-0.2, -0.15) is 17.4 Å². The average Bonchev–Trinajstić information content (AvgIpc) is 2.31. The van der Waals surface area contributed by atoms with Gasteiger partial charge in [-0.1, -0.05) is 41.0 Å². The van der Waals surface area contributed by atoms with Crippen molar-refractivity contribution in [3.05, 3.63) is 0 Å². The highest BCUT2D eigenvalue weighted by Gasteiger charge is 2.61. The summed E-state index contributed by atoms with van der Waals surface area (Å²) in [5.74, 6) is 0. The molecule has 0 aromatic rings. The van der Waals surface area contributed by atoms with Gasteiger partial charge in [0.15, 0.2) is 0 Å². The molecule has 0 atom stereocenters. The van der Waals surface area contributed by atoms with Crippen LogP contribution in [0.4, 0.5) is 0 Å². The zero-order valence-electron chi connectivity index (χ0n) is 13.0. The van der Waals surface area contributed by atoms with Gasteiger partial charge in [0.25, 0.3) is 10.2 Å². The second-order valence-corrected chi connectivity index (χ2v) is 8.66. The smallest absolute Gasteiger partial charge is 0.279 e. The Morgan fingerprint density at radius 2 is 1.68 bits per heavy atom. The van der Waals surface area contributed by atoms with Crippen LogP contribution in [0.5, 0.6) is 0 Å². The predicted octanol–water partition coefficient (Wildman–Crippen LogP) is 1.31. The minimum atomic E-state index is -3.43. The van der Waals surface area contributed by atoms with E-state index >= 15 is 0 Å². The van der Waals surface area contributed by atoms with Crippen LogP contribution in [0.2, 0.25) is 0 Å². The summed E-state index contributed by atoms with van der Waals surface area (Å²) in [5, 5.41) is 0. The molecule has 1 fully saturated rings. The lowest BCUT2D eigenvalue weighted by atomic mass is 9.49. The molecule has 0 aromatic carbocycles. The van der Waals surface area contributed by atoms with Gasteiger partial charge in [-0.05, 0) is 17.3 Å². The minimum Gasteiger partial charge on any atom is -0.327 e. The quantitative estimate of drug-likeness (QED) is 0.775. The van der Waals surface area contributed by atoms with E-state index in [1.165, 1.54) is 4.31 Å². The van der Waals surface area contributed by atoms with Gasteiger partial charge in [0.2, 0.25) is 0 Å². The molecule has 0 aromatic heterocycles.